The molecule has 0 unspecified atom stereocenters. The second-order valence-corrected chi connectivity index (χ2v) is 5.74. The highest BCUT2D eigenvalue weighted by atomic mass is 32.1. The molecule has 3 N–H and O–H groups in total. The highest BCUT2D eigenvalue weighted by Crippen LogP contribution is 2.22. The summed E-state index contributed by atoms with van der Waals surface area (Å²) in [7, 11) is 0. The molecule has 110 valence electrons. The van der Waals surface area contributed by atoms with Gasteiger partial charge in [-0.3, -0.25) is 4.79 Å². The third kappa shape index (κ3) is 2.96. The number of benzene rings is 1. The summed E-state index contributed by atoms with van der Waals surface area (Å²) in [6.07, 6.45) is 1.46. The van der Waals surface area contributed by atoms with Gasteiger partial charge in [-0.05, 0) is 36.1 Å². The molecule has 0 atom stereocenters. The van der Waals surface area contributed by atoms with E-state index in [0.29, 0.717) is 11.5 Å². The summed E-state index contributed by atoms with van der Waals surface area (Å²) in [6.45, 7) is 1.96. The number of nitrogen functional groups attached to an aromatic ring is 1. The Hall–Kier alpha value is -2.73. The highest BCUT2D eigenvalue weighted by Gasteiger charge is 2.14. The zero-order chi connectivity index (χ0) is 15.5. The summed E-state index contributed by atoms with van der Waals surface area (Å²) in [6, 6.07) is 11.4. The Balaban J connectivity index is 1.84. The molecule has 0 radical (unpaired) electrons. The molecule has 3 rings (SSSR count). The van der Waals surface area contributed by atoms with E-state index in [-0.39, 0.29) is 17.3 Å². The van der Waals surface area contributed by atoms with Crippen LogP contribution in [0.4, 0.5) is 11.5 Å². The Kier molecular flexibility index (Phi) is 3.84. The Bertz CT molecular complexity index is 815. The Morgan fingerprint density at radius 1 is 1.27 bits per heavy atom. The van der Waals surface area contributed by atoms with Crippen LogP contribution in [0.3, 0.4) is 0 Å². The molecular weight excluding hydrogens is 296 g/mol. The van der Waals surface area contributed by atoms with Crippen molar-refractivity contribution in [3.05, 3.63) is 59.1 Å². The molecule has 0 aliphatic rings. The molecule has 6 heteroatoms. The van der Waals surface area contributed by atoms with Gasteiger partial charge in [0.1, 0.15) is 11.4 Å². The molecule has 1 aromatic carbocycles. The van der Waals surface area contributed by atoms with Crippen LogP contribution in [0, 0.1) is 6.92 Å². The Morgan fingerprint density at radius 2 is 2.14 bits per heavy atom. The average molecular weight is 310 g/mol. The van der Waals surface area contributed by atoms with E-state index in [1.54, 1.807) is 0 Å². The summed E-state index contributed by atoms with van der Waals surface area (Å²) in [5.41, 5.74) is 7.95. The summed E-state index contributed by atoms with van der Waals surface area (Å²) in [5, 5.41) is 4.74. The number of hydrogen-bond acceptors (Lipinski definition) is 5. The molecule has 0 fully saturated rings. The minimum absolute atomic E-state index is 0.170. The predicted octanol–water partition coefficient (Wildman–Crippen LogP) is 3.35. The molecule has 0 bridgehead atoms. The van der Waals surface area contributed by atoms with Gasteiger partial charge in [0.05, 0.1) is 4.88 Å². The van der Waals surface area contributed by atoms with E-state index in [4.69, 9.17) is 5.73 Å². The van der Waals surface area contributed by atoms with Crippen molar-refractivity contribution in [3.63, 3.8) is 0 Å². The number of amides is 1. The molecule has 1 amide bonds. The number of nitrogens with one attached hydrogen (secondary N) is 1. The molecule has 3 aromatic rings. The maximum atomic E-state index is 12.3. The van der Waals surface area contributed by atoms with Crippen LogP contribution in [-0.4, -0.2) is 15.9 Å². The van der Waals surface area contributed by atoms with Crippen LogP contribution in [0.25, 0.3) is 10.7 Å². The molecule has 5 nitrogen and oxygen atoms in total. The second kappa shape index (κ2) is 5.95. The number of nitrogens with zero attached hydrogens (tertiary/aromatic N) is 2. The summed E-state index contributed by atoms with van der Waals surface area (Å²) >= 11 is 1.52. The van der Waals surface area contributed by atoms with Crippen molar-refractivity contribution in [2.45, 2.75) is 6.92 Å². The van der Waals surface area contributed by atoms with Gasteiger partial charge in [-0.15, -0.1) is 11.3 Å². The van der Waals surface area contributed by atoms with E-state index in [1.165, 1.54) is 17.5 Å². The standard InChI is InChI=1S/C16H14N4OS/c1-10-4-2-5-11(8-10)19-16(21)12-9-18-15(20-14(12)17)13-6-3-7-22-13/h2-9H,1H3,(H,19,21)(H2,17,18,20). The topological polar surface area (TPSA) is 80.9 Å². The maximum absolute atomic E-state index is 12.3. The van der Waals surface area contributed by atoms with Crippen molar-refractivity contribution in [1.82, 2.24) is 9.97 Å². The molecule has 2 aromatic heterocycles. The maximum Gasteiger partial charge on any atom is 0.260 e. The van der Waals surface area contributed by atoms with Crippen molar-refractivity contribution in [2.24, 2.45) is 0 Å². The van der Waals surface area contributed by atoms with Crippen LogP contribution < -0.4 is 11.1 Å². The van der Waals surface area contributed by atoms with Crippen LogP contribution in [0.15, 0.2) is 48.0 Å². The fourth-order valence-corrected chi connectivity index (χ4v) is 2.68. The number of nitrogens with two attached hydrogens (primary N) is 1. The molecular formula is C16H14N4OS. The van der Waals surface area contributed by atoms with Crippen LogP contribution in [-0.2, 0) is 0 Å². The predicted molar refractivity (Wildman–Crippen MR) is 88.9 cm³/mol. The Labute approximate surface area is 131 Å². The minimum atomic E-state index is -0.319. The number of carbonyl (C=O) groups is 1. The fraction of sp³-hybridized carbons (Fsp3) is 0.0625. The van der Waals surface area contributed by atoms with Crippen LogP contribution in [0.1, 0.15) is 15.9 Å². The van der Waals surface area contributed by atoms with Gasteiger partial charge < -0.3 is 11.1 Å². The van der Waals surface area contributed by atoms with E-state index in [2.05, 4.69) is 15.3 Å². The van der Waals surface area contributed by atoms with Crippen molar-refractivity contribution in [3.8, 4) is 10.7 Å². The number of aromatic nitrogens is 2. The van der Waals surface area contributed by atoms with E-state index in [1.807, 2.05) is 48.7 Å². The molecule has 22 heavy (non-hydrogen) atoms. The number of carbonyl (C=O) groups excluding carboxylic acids is 1. The van der Waals surface area contributed by atoms with Gasteiger partial charge in [0.15, 0.2) is 5.82 Å². The lowest BCUT2D eigenvalue weighted by Crippen LogP contribution is -2.15. The normalized spacial score (nSPS) is 10.4. The quantitative estimate of drug-likeness (QED) is 0.777. The van der Waals surface area contributed by atoms with Crippen molar-refractivity contribution in [2.75, 3.05) is 11.1 Å². The van der Waals surface area contributed by atoms with Gasteiger partial charge in [-0.25, -0.2) is 9.97 Å². The van der Waals surface area contributed by atoms with E-state index < -0.39 is 0 Å². The van der Waals surface area contributed by atoms with Gasteiger partial charge in [0, 0.05) is 11.9 Å². The lowest BCUT2D eigenvalue weighted by Gasteiger charge is -2.08. The first-order chi connectivity index (χ1) is 10.6. The van der Waals surface area contributed by atoms with Crippen LogP contribution in [0.5, 0.6) is 0 Å². The first-order valence-corrected chi connectivity index (χ1v) is 7.56. The van der Waals surface area contributed by atoms with Gasteiger partial charge >= 0.3 is 0 Å². The molecule has 2 heterocycles. The zero-order valence-corrected chi connectivity index (χ0v) is 12.7. The largest absolute Gasteiger partial charge is 0.383 e. The number of rotatable bonds is 3. The summed E-state index contributed by atoms with van der Waals surface area (Å²) in [5.74, 6) is 0.379. The van der Waals surface area contributed by atoms with Crippen LogP contribution in [0.2, 0.25) is 0 Å². The third-order valence-electron chi connectivity index (χ3n) is 3.08. The minimum Gasteiger partial charge on any atom is -0.383 e. The van der Waals surface area contributed by atoms with Crippen LogP contribution >= 0.6 is 11.3 Å². The lowest BCUT2D eigenvalue weighted by atomic mass is 10.2. The molecule has 0 spiro atoms. The van der Waals surface area contributed by atoms with E-state index >= 15 is 0 Å². The van der Waals surface area contributed by atoms with E-state index in [0.717, 1.165) is 10.4 Å². The van der Waals surface area contributed by atoms with Crippen molar-refractivity contribution in [1.29, 1.82) is 0 Å². The summed E-state index contributed by atoms with van der Waals surface area (Å²) in [4.78, 5) is 21.6. The molecule has 0 aliphatic carbocycles. The zero-order valence-electron chi connectivity index (χ0n) is 11.9. The molecule has 0 saturated heterocycles. The third-order valence-corrected chi connectivity index (χ3v) is 3.95. The Morgan fingerprint density at radius 3 is 2.82 bits per heavy atom. The van der Waals surface area contributed by atoms with E-state index in [9.17, 15) is 4.79 Å². The molecule has 0 aliphatic heterocycles. The lowest BCUT2D eigenvalue weighted by molar-refractivity contribution is 0.102. The van der Waals surface area contributed by atoms with Crippen molar-refractivity contribution >= 4 is 28.7 Å². The number of thiophene rings is 1. The number of hydrogen-bond donors (Lipinski definition) is 2. The monoisotopic (exact) mass is 310 g/mol. The SMILES string of the molecule is Cc1cccc(NC(=O)c2cnc(-c3cccs3)nc2N)c1. The van der Waals surface area contributed by atoms with Gasteiger partial charge in [0.25, 0.3) is 5.91 Å². The van der Waals surface area contributed by atoms with Gasteiger partial charge in [-0.1, -0.05) is 18.2 Å². The smallest absolute Gasteiger partial charge is 0.260 e. The second-order valence-electron chi connectivity index (χ2n) is 4.79. The first kappa shape index (κ1) is 14.2. The number of aryl methyl sites for hydroxylation is 1. The average Bonchev–Trinajstić information content (AvgIpc) is 3.01. The van der Waals surface area contributed by atoms with Gasteiger partial charge in [-0.2, -0.15) is 0 Å². The summed E-state index contributed by atoms with van der Waals surface area (Å²) < 4.78 is 0. The van der Waals surface area contributed by atoms with Gasteiger partial charge in [0.2, 0.25) is 0 Å². The molecule has 0 saturated carbocycles. The van der Waals surface area contributed by atoms with Crippen molar-refractivity contribution < 1.29 is 4.79 Å². The first-order valence-electron chi connectivity index (χ1n) is 6.68. The highest BCUT2D eigenvalue weighted by molar-refractivity contribution is 7.13. The fourth-order valence-electron chi connectivity index (χ4n) is 2.02. The number of anilines is 2.